The van der Waals surface area contributed by atoms with E-state index in [1.165, 1.54) is 6.07 Å². The SMILES string of the molecule is O=C1COc2ccc(C(=O)N3CC4(CCCC4)c4c(F)cccc43)cc2N1. The van der Waals surface area contributed by atoms with Crippen molar-refractivity contribution in [2.45, 2.75) is 31.1 Å². The zero-order chi connectivity index (χ0) is 18.6. The minimum absolute atomic E-state index is 0.0262. The van der Waals surface area contributed by atoms with Crippen LogP contribution in [0.3, 0.4) is 0 Å². The maximum atomic E-state index is 14.7. The van der Waals surface area contributed by atoms with E-state index in [-0.39, 0.29) is 29.7 Å². The predicted octanol–water partition coefficient (Wildman–Crippen LogP) is 3.63. The molecule has 5 nitrogen and oxygen atoms in total. The molecule has 0 saturated heterocycles. The van der Waals surface area contributed by atoms with Crippen LogP contribution >= 0.6 is 0 Å². The summed E-state index contributed by atoms with van der Waals surface area (Å²) < 4.78 is 20.1. The van der Waals surface area contributed by atoms with Gasteiger partial charge in [-0.15, -0.1) is 0 Å². The molecule has 2 heterocycles. The molecule has 1 saturated carbocycles. The Morgan fingerprint density at radius 3 is 2.81 bits per heavy atom. The van der Waals surface area contributed by atoms with Gasteiger partial charge in [-0.2, -0.15) is 0 Å². The molecule has 2 amide bonds. The summed E-state index contributed by atoms with van der Waals surface area (Å²) in [7, 11) is 0. The maximum absolute atomic E-state index is 14.7. The molecule has 5 rings (SSSR count). The van der Waals surface area contributed by atoms with Crippen LogP contribution < -0.4 is 15.0 Å². The van der Waals surface area contributed by atoms with E-state index in [0.717, 1.165) is 25.7 Å². The lowest BCUT2D eigenvalue weighted by molar-refractivity contribution is -0.118. The first kappa shape index (κ1) is 16.3. The molecule has 1 spiro atoms. The van der Waals surface area contributed by atoms with Crippen molar-refractivity contribution in [1.82, 2.24) is 0 Å². The third kappa shape index (κ3) is 2.43. The monoisotopic (exact) mass is 366 g/mol. The normalized spacial score (nSPS) is 19.4. The van der Waals surface area contributed by atoms with Crippen LogP contribution in [0.25, 0.3) is 0 Å². The highest BCUT2D eigenvalue weighted by molar-refractivity contribution is 6.09. The summed E-state index contributed by atoms with van der Waals surface area (Å²) in [5.41, 5.74) is 2.02. The van der Waals surface area contributed by atoms with Crippen molar-refractivity contribution in [2.24, 2.45) is 0 Å². The van der Waals surface area contributed by atoms with E-state index in [0.29, 0.717) is 34.8 Å². The van der Waals surface area contributed by atoms with Crippen LogP contribution in [0, 0.1) is 5.82 Å². The van der Waals surface area contributed by atoms with E-state index >= 15 is 0 Å². The molecule has 1 aliphatic carbocycles. The Morgan fingerprint density at radius 2 is 2.00 bits per heavy atom. The number of nitrogens with one attached hydrogen (secondary N) is 1. The summed E-state index contributed by atoms with van der Waals surface area (Å²) in [6, 6.07) is 9.98. The Kier molecular flexibility index (Phi) is 3.50. The second kappa shape index (κ2) is 5.81. The van der Waals surface area contributed by atoms with Crippen LogP contribution in [-0.4, -0.2) is 25.0 Å². The molecule has 2 aliphatic heterocycles. The number of carbonyl (C=O) groups excluding carboxylic acids is 2. The van der Waals surface area contributed by atoms with Crippen LogP contribution in [0.4, 0.5) is 15.8 Å². The summed E-state index contributed by atoms with van der Waals surface area (Å²) >= 11 is 0. The summed E-state index contributed by atoms with van der Waals surface area (Å²) in [6.45, 7) is 0.476. The highest BCUT2D eigenvalue weighted by Crippen LogP contribution is 2.51. The third-order valence-corrected chi connectivity index (χ3v) is 5.94. The molecule has 0 atom stereocenters. The number of hydrogen-bond acceptors (Lipinski definition) is 3. The number of halogens is 1. The van der Waals surface area contributed by atoms with Gasteiger partial charge in [-0.25, -0.2) is 4.39 Å². The van der Waals surface area contributed by atoms with Crippen LogP contribution in [-0.2, 0) is 10.2 Å². The number of ether oxygens (including phenoxy) is 1. The van der Waals surface area contributed by atoms with Crippen LogP contribution in [0.5, 0.6) is 5.75 Å². The van der Waals surface area contributed by atoms with E-state index in [1.54, 1.807) is 29.2 Å². The molecule has 0 bridgehead atoms. The summed E-state index contributed by atoms with van der Waals surface area (Å²) in [5, 5.41) is 2.73. The molecule has 0 unspecified atom stereocenters. The molecule has 1 N–H and O–H groups in total. The average molecular weight is 366 g/mol. The molecule has 1 fully saturated rings. The highest BCUT2D eigenvalue weighted by atomic mass is 19.1. The standard InChI is InChI=1S/C21H19FN2O3/c22-14-4-3-5-16-19(14)21(8-1-2-9-21)12-24(16)20(26)13-6-7-17-15(10-13)23-18(25)11-27-17/h3-7,10H,1-2,8-9,11-12H2,(H,23,25). The van der Waals surface area contributed by atoms with Crippen molar-refractivity contribution in [2.75, 3.05) is 23.4 Å². The molecule has 138 valence electrons. The van der Waals surface area contributed by atoms with Gasteiger partial charge in [0.1, 0.15) is 11.6 Å². The number of fused-ring (bicyclic) bond motifs is 3. The Labute approximate surface area is 156 Å². The fourth-order valence-electron chi connectivity index (χ4n) is 4.74. The van der Waals surface area contributed by atoms with Gasteiger partial charge in [0.25, 0.3) is 11.8 Å². The Bertz CT molecular complexity index is 966. The topological polar surface area (TPSA) is 58.6 Å². The van der Waals surface area contributed by atoms with Gasteiger partial charge in [-0.1, -0.05) is 18.9 Å². The number of nitrogens with zero attached hydrogens (tertiary/aromatic N) is 1. The predicted molar refractivity (Wildman–Crippen MR) is 98.8 cm³/mol. The highest BCUT2D eigenvalue weighted by Gasteiger charge is 2.48. The summed E-state index contributed by atoms with van der Waals surface area (Å²) in [5.74, 6) is -0.110. The third-order valence-electron chi connectivity index (χ3n) is 5.94. The second-order valence-electron chi connectivity index (χ2n) is 7.56. The first-order chi connectivity index (χ1) is 13.1. The van der Waals surface area contributed by atoms with E-state index in [4.69, 9.17) is 4.74 Å². The second-order valence-corrected chi connectivity index (χ2v) is 7.56. The molecule has 2 aromatic carbocycles. The van der Waals surface area contributed by atoms with Crippen LogP contribution in [0.15, 0.2) is 36.4 Å². The van der Waals surface area contributed by atoms with Crippen molar-refractivity contribution in [3.8, 4) is 5.75 Å². The molecule has 2 aromatic rings. The molecular formula is C21H19FN2O3. The lowest BCUT2D eigenvalue weighted by atomic mass is 9.80. The van der Waals surface area contributed by atoms with Gasteiger partial charge in [0.15, 0.2) is 6.61 Å². The van der Waals surface area contributed by atoms with Crippen molar-refractivity contribution in [1.29, 1.82) is 0 Å². The van der Waals surface area contributed by atoms with E-state index in [2.05, 4.69) is 5.32 Å². The molecule has 6 heteroatoms. The first-order valence-electron chi connectivity index (χ1n) is 9.25. The first-order valence-corrected chi connectivity index (χ1v) is 9.25. The number of anilines is 2. The lowest BCUT2D eigenvalue weighted by Gasteiger charge is -2.25. The van der Waals surface area contributed by atoms with Gasteiger partial charge in [0.05, 0.1) is 11.4 Å². The fraction of sp³-hybridized carbons (Fsp3) is 0.333. The van der Waals surface area contributed by atoms with Gasteiger partial charge >= 0.3 is 0 Å². The quantitative estimate of drug-likeness (QED) is 0.838. The molecule has 0 radical (unpaired) electrons. The minimum Gasteiger partial charge on any atom is -0.482 e. The largest absolute Gasteiger partial charge is 0.482 e. The number of amides is 2. The maximum Gasteiger partial charge on any atom is 0.262 e. The van der Waals surface area contributed by atoms with E-state index < -0.39 is 0 Å². The average Bonchev–Trinajstić information content (AvgIpc) is 3.27. The van der Waals surface area contributed by atoms with Crippen LogP contribution in [0.1, 0.15) is 41.6 Å². The van der Waals surface area contributed by atoms with Crippen molar-refractivity contribution >= 4 is 23.2 Å². The Morgan fingerprint density at radius 1 is 1.19 bits per heavy atom. The van der Waals surface area contributed by atoms with Crippen LogP contribution in [0.2, 0.25) is 0 Å². The molecular weight excluding hydrogens is 347 g/mol. The van der Waals surface area contributed by atoms with Gasteiger partial charge in [-0.05, 0) is 43.2 Å². The number of benzene rings is 2. The van der Waals surface area contributed by atoms with Gasteiger partial charge in [0.2, 0.25) is 0 Å². The Balaban J connectivity index is 1.54. The fourth-order valence-corrected chi connectivity index (χ4v) is 4.74. The van der Waals surface area contributed by atoms with E-state index in [1.807, 2.05) is 6.07 Å². The van der Waals surface area contributed by atoms with Crippen molar-refractivity contribution in [3.63, 3.8) is 0 Å². The summed E-state index contributed by atoms with van der Waals surface area (Å²) in [4.78, 5) is 26.5. The number of hydrogen-bond donors (Lipinski definition) is 1. The summed E-state index contributed by atoms with van der Waals surface area (Å²) in [6.07, 6.45) is 3.91. The van der Waals surface area contributed by atoms with Gasteiger partial charge < -0.3 is 15.0 Å². The molecule has 0 aromatic heterocycles. The Hall–Kier alpha value is -2.89. The smallest absolute Gasteiger partial charge is 0.262 e. The van der Waals surface area contributed by atoms with Gasteiger partial charge in [-0.3, -0.25) is 9.59 Å². The minimum atomic E-state index is -0.276. The number of rotatable bonds is 1. The van der Waals surface area contributed by atoms with Crippen molar-refractivity contribution < 1.29 is 18.7 Å². The lowest BCUT2D eigenvalue weighted by Crippen LogP contribution is -2.35. The van der Waals surface area contributed by atoms with Crippen molar-refractivity contribution in [3.05, 3.63) is 53.3 Å². The molecule has 27 heavy (non-hydrogen) atoms. The zero-order valence-electron chi connectivity index (χ0n) is 14.8. The molecule has 3 aliphatic rings. The zero-order valence-corrected chi connectivity index (χ0v) is 14.8. The number of carbonyl (C=O) groups is 2. The van der Waals surface area contributed by atoms with Gasteiger partial charge in [0, 0.05) is 23.1 Å². The van der Waals surface area contributed by atoms with E-state index in [9.17, 15) is 14.0 Å².